The summed E-state index contributed by atoms with van der Waals surface area (Å²) in [4.78, 5) is 0. The van der Waals surface area contributed by atoms with Gasteiger partial charge in [0.05, 0.1) is 0 Å². The summed E-state index contributed by atoms with van der Waals surface area (Å²) in [6.45, 7) is 0. The van der Waals surface area contributed by atoms with Crippen LogP contribution in [-0.4, -0.2) is 12.1 Å². The Morgan fingerprint density at radius 3 is 1.58 bits per heavy atom. The van der Waals surface area contributed by atoms with E-state index in [0.717, 1.165) is 0 Å². The molecule has 4 aliphatic rings. The van der Waals surface area contributed by atoms with Crippen molar-refractivity contribution in [3.63, 3.8) is 0 Å². The van der Waals surface area contributed by atoms with E-state index < -0.39 is 0 Å². The first-order valence-electron chi connectivity index (χ1n) is 9.56. The summed E-state index contributed by atoms with van der Waals surface area (Å²) in [5, 5.41) is 3.89. The van der Waals surface area contributed by atoms with Crippen LogP contribution < -0.4 is 5.32 Å². The Hall–Kier alpha value is -2.64. The molecule has 0 radical (unpaired) electrons. The number of allylic oxidation sites excluding steroid dienone is 4. The SMILES string of the molecule is C1=CC2NC3C=CC=CC3C3(c4ccccc4-c4ccccc43)C2C=C1. The Balaban J connectivity index is 1.72. The van der Waals surface area contributed by atoms with Crippen LogP contribution in [0.2, 0.25) is 0 Å². The van der Waals surface area contributed by atoms with E-state index in [1.54, 1.807) is 0 Å². The maximum Gasteiger partial charge on any atom is 0.0376 e. The third-order valence-electron chi connectivity index (χ3n) is 6.74. The van der Waals surface area contributed by atoms with Crippen molar-refractivity contribution in [2.24, 2.45) is 11.8 Å². The van der Waals surface area contributed by atoms with Crippen LogP contribution in [0.3, 0.4) is 0 Å². The number of hydrogen-bond acceptors (Lipinski definition) is 1. The molecule has 3 aliphatic carbocycles. The molecular weight excluding hydrogens is 314 g/mol. The molecular formula is C25H21N. The van der Waals surface area contributed by atoms with Gasteiger partial charge in [-0.15, -0.1) is 0 Å². The first-order valence-corrected chi connectivity index (χ1v) is 9.56. The predicted octanol–water partition coefficient (Wildman–Crippen LogP) is 4.78. The van der Waals surface area contributed by atoms with Crippen molar-refractivity contribution in [2.45, 2.75) is 17.5 Å². The number of fused-ring (bicyclic) bond motifs is 9. The van der Waals surface area contributed by atoms with Gasteiger partial charge >= 0.3 is 0 Å². The van der Waals surface area contributed by atoms with Gasteiger partial charge in [0.2, 0.25) is 0 Å². The third-order valence-corrected chi connectivity index (χ3v) is 6.74. The van der Waals surface area contributed by atoms with Gasteiger partial charge in [-0.3, -0.25) is 0 Å². The number of hydrogen-bond donors (Lipinski definition) is 1. The molecule has 1 spiro atoms. The van der Waals surface area contributed by atoms with Gasteiger partial charge in [0.25, 0.3) is 0 Å². The molecule has 2 aromatic rings. The second kappa shape index (κ2) is 5.18. The van der Waals surface area contributed by atoms with Crippen LogP contribution in [0, 0.1) is 11.8 Å². The molecule has 6 rings (SSSR count). The number of benzene rings is 2. The molecule has 0 saturated carbocycles. The van der Waals surface area contributed by atoms with E-state index in [1.165, 1.54) is 22.3 Å². The van der Waals surface area contributed by atoms with E-state index in [1.807, 2.05) is 0 Å². The zero-order chi connectivity index (χ0) is 17.1. The van der Waals surface area contributed by atoms with Crippen LogP contribution in [0.15, 0.2) is 97.1 Å². The van der Waals surface area contributed by atoms with Crippen LogP contribution >= 0.6 is 0 Å². The Kier molecular flexibility index (Phi) is 2.90. The fourth-order valence-corrected chi connectivity index (χ4v) is 5.87. The highest BCUT2D eigenvalue weighted by Crippen LogP contribution is 2.60. The summed E-state index contributed by atoms with van der Waals surface area (Å²) >= 11 is 0. The van der Waals surface area contributed by atoms with Gasteiger partial charge in [-0.1, -0.05) is 97.1 Å². The molecule has 1 saturated heterocycles. The predicted molar refractivity (Wildman–Crippen MR) is 107 cm³/mol. The molecule has 1 nitrogen and oxygen atoms in total. The zero-order valence-corrected chi connectivity index (χ0v) is 14.5. The van der Waals surface area contributed by atoms with E-state index in [2.05, 4.69) is 102 Å². The van der Waals surface area contributed by atoms with Gasteiger partial charge in [0.15, 0.2) is 0 Å². The lowest BCUT2D eigenvalue weighted by molar-refractivity contribution is 0.166. The van der Waals surface area contributed by atoms with Crippen LogP contribution in [-0.2, 0) is 5.41 Å². The van der Waals surface area contributed by atoms with Gasteiger partial charge in [-0.25, -0.2) is 0 Å². The summed E-state index contributed by atoms with van der Waals surface area (Å²) in [5.74, 6) is 0.824. The monoisotopic (exact) mass is 335 g/mol. The van der Waals surface area contributed by atoms with Gasteiger partial charge in [0.1, 0.15) is 0 Å². The first kappa shape index (κ1) is 14.5. The lowest BCUT2D eigenvalue weighted by Gasteiger charge is -2.54. The zero-order valence-electron chi connectivity index (χ0n) is 14.5. The van der Waals surface area contributed by atoms with Crippen molar-refractivity contribution in [3.8, 4) is 11.1 Å². The van der Waals surface area contributed by atoms with Crippen molar-refractivity contribution in [2.75, 3.05) is 0 Å². The van der Waals surface area contributed by atoms with E-state index >= 15 is 0 Å². The maximum atomic E-state index is 3.89. The molecule has 1 fully saturated rings. The van der Waals surface area contributed by atoms with Gasteiger partial charge in [0, 0.05) is 29.3 Å². The van der Waals surface area contributed by atoms with Crippen LogP contribution in [0.5, 0.6) is 0 Å². The summed E-state index contributed by atoms with van der Waals surface area (Å²) in [7, 11) is 0. The van der Waals surface area contributed by atoms with E-state index in [4.69, 9.17) is 0 Å². The number of rotatable bonds is 0. The molecule has 1 heteroatoms. The Morgan fingerprint density at radius 1 is 0.577 bits per heavy atom. The molecule has 1 N–H and O–H groups in total. The second-order valence-corrected chi connectivity index (χ2v) is 7.77. The fourth-order valence-electron chi connectivity index (χ4n) is 5.87. The van der Waals surface area contributed by atoms with E-state index in [0.29, 0.717) is 23.9 Å². The van der Waals surface area contributed by atoms with Crippen LogP contribution in [0.25, 0.3) is 11.1 Å². The molecule has 2 aromatic carbocycles. The average molecular weight is 335 g/mol. The quantitative estimate of drug-likeness (QED) is 0.731. The summed E-state index contributed by atoms with van der Waals surface area (Å²) < 4.78 is 0. The summed E-state index contributed by atoms with van der Waals surface area (Å²) in [6, 6.07) is 18.8. The minimum Gasteiger partial charge on any atom is -0.303 e. The smallest absolute Gasteiger partial charge is 0.0376 e. The standard InChI is InChI=1S/C25H21N/c1-3-11-19-17(9-1)18-10-2-4-12-20(18)25(19)21-13-5-7-15-23(21)26-24-16-8-6-14-22(24)25/h1-16,21-24,26H. The Bertz CT molecular complexity index is 925. The van der Waals surface area contributed by atoms with Crippen molar-refractivity contribution in [1.29, 1.82) is 0 Å². The lowest BCUT2D eigenvalue weighted by atomic mass is 9.53. The van der Waals surface area contributed by atoms with Crippen molar-refractivity contribution in [3.05, 3.63) is 108 Å². The molecule has 0 bridgehead atoms. The van der Waals surface area contributed by atoms with Crippen LogP contribution in [0.4, 0.5) is 0 Å². The molecule has 4 unspecified atom stereocenters. The average Bonchev–Trinajstić information content (AvgIpc) is 3.00. The van der Waals surface area contributed by atoms with Crippen molar-refractivity contribution < 1.29 is 0 Å². The minimum atomic E-state index is -0.0176. The Morgan fingerprint density at radius 2 is 1.04 bits per heavy atom. The van der Waals surface area contributed by atoms with Crippen molar-refractivity contribution in [1.82, 2.24) is 5.32 Å². The highest BCUT2D eigenvalue weighted by Gasteiger charge is 2.58. The van der Waals surface area contributed by atoms with Crippen LogP contribution in [0.1, 0.15) is 11.1 Å². The first-order chi connectivity index (χ1) is 12.9. The highest BCUT2D eigenvalue weighted by atomic mass is 15.0. The summed E-state index contributed by atoms with van der Waals surface area (Å²) in [5.41, 5.74) is 5.79. The van der Waals surface area contributed by atoms with Gasteiger partial charge in [-0.2, -0.15) is 0 Å². The number of piperidine rings is 1. The van der Waals surface area contributed by atoms with Gasteiger partial charge < -0.3 is 5.32 Å². The molecule has 26 heavy (non-hydrogen) atoms. The fraction of sp³-hybridized carbons (Fsp3) is 0.200. The summed E-state index contributed by atoms with van der Waals surface area (Å²) in [6.07, 6.45) is 18.4. The normalized spacial score (nSPS) is 31.4. The topological polar surface area (TPSA) is 12.0 Å². The molecule has 1 aliphatic heterocycles. The van der Waals surface area contributed by atoms with Gasteiger partial charge in [-0.05, 0) is 22.3 Å². The minimum absolute atomic E-state index is 0.0176. The lowest BCUT2D eigenvalue weighted by Crippen LogP contribution is -2.62. The maximum absolute atomic E-state index is 3.89. The molecule has 4 atom stereocenters. The molecule has 0 amide bonds. The molecule has 126 valence electrons. The number of nitrogens with one attached hydrogen (secondary N) is 1. The third kappa shape index (κ3) is 1.65. The highest BCUT2D eigenvalue weighted by molar-refractivity contribution is 5.82. The van der Waals surface area contributed by atoms with E-state index in [9.17, 15) is 0 Å². The van der Waals surface area contributed by atoms with Crippen molar-refractivity contribution >= 4 is 0 Å². The second-order valence-electron chi connectivity index (χ2n) is 7.77. The molecule has 1 heterocycles. The van der Waals surface area contributed by atoms with E-state index in [-0.39, 0.29) is 5.41 Å². The molecule has 0 aromatic heterocycles. The largest absolute Gasteiger partial charge is 0.303 e. The Labute approximate surface area is 154 Å².